The van der Waals surface area contributed by atoms with Gasteiger partial charge in [-0.25, -0.2) is 0 Å². The number of hydrogen-bond acceptors (Lipinski definition) is 3. The monoisotopic (exact) mass is 128 g/mol. The highest BCUT2D eigenvalue weighted by molar-refractivity contribution is 5.75. The van der Waals surface area contributed by atoms with Crippen LogP contribution in [0.15, 0.2) is 11.8 Å². The fourth-order valence-corrected chi connectivity index (χ4v) is 0.709. The smallest absolute Gasteiger partial charge is 0.314 e. The Bertz CT molecular complexity index is 148. The zero-order chi connectivity index (χ0) is 6.69. The summed E-state index contributed by atoms with van der Waals surface area (Å²) in [7, 11) is 0. The molecule has 50 valence electrons. The number of esters is 1. The first kappa shape index (κ1) is 6.29. The maximum Gasteiger partial charge on any atom is 0.314 e. The molecule has 0 radical (unpaired) electrons. The third-order valence-electron chi connectivity index (χ3n) is 1.16. The molecule has 0 aromatic rings. The molecule has 1 rings (SSSR count). The summed E-state index contributed by atoms with van der Waals surface area (Å²) in [5.74, 6) is -0.224. The van der Waals surface area contributed by atoms with Crippen molar-refractivity contribution in [3.05, 3.63) is 11.8 Å². The lowest BCUT2D eigenvalue weighted by Crippen LogP contribution is -1.92. The maximum atomic E-state index is 10.4. The fraction of sp³-hybridized carbons (Fsp3) is 0.500. The van der Waals surface area contributed by atoms with E-state index in [0.29, 0.717) is 12.8 Å². The van der Waals surface area contributed by atoms with Gasteiger partial charge in [-0.2, -0.15) is 0 Å². The average molecular weight is 128 g/mol. The quantitative estimate of drug-likeness (QED) is 0.540. The molecule has 0 bridgehead atoms. The van der Waals surface area contributed by atoms with Crippen molar-refractivity contribution in [3.63, 3.8) is 0 Å². The maximum absolute atomic E-state index is 10.4. The Morgan fingerprint density at radius 2 is 2.56 bits per heavy atom. The summed E-state index contributed by atoms with van der Waals surface area (Å²) < 4.78 is 4.51. The van der Waals surface area contributed by atoms with E-state index >= 15 is 0 Å². The lowest BCUT2D eigenvalue weighted by atomic mass is 10.2. The van der Waals surface area contributed by atoms with Crippen LogP contribution in [-0.4, -0.2) is 17.7 Å². The van der Waals surface area contributed by atoms with Crippen LogP contribution >= 0.6 is 0 Å². The number of carbonyl (C=O) groups is 1. The lowest BCUT2D eigenvalue weighted by molar-refractivity contribution is -0.135. The Labute approximate surface area is 52.9 Å². The first-order valence-corrected chi connectivity index (χ1v) is 2.81. The Balaban J connectivity index is 2.36. The van der Waals surface area contributed by atoms with Gasteiger partial charge in [0.25, 0.3) is 0 Å². The molecule has 0 unspecified atom stereocenters. The van der Waals surface area contributed by atoms with E-state index in [1.165, 1.54) is 6.26 Å². The number of rotatable bonds is 2. The van der Waals surface area contributed by atoms with Crippen LogP contribution in [0.3, 0.4) is 0 Å². The van der Waals surface area contributed by atoms with Crippen LogP contribution in [0.5, 0.6) is 0 Å². The molecule has 0 fully saturated rings. The van der Waals surface area contributed by atoms with Crippen molar-refractivity contribution >= 4 is 5.97 Å². The van der Waals surface area contributed by atoms with Gasteiger partial charge in [0, 0.05) is 6.61 Å². The second-order valence-corrected chi connectivity index (χ2v) is 1.92. The van der Waals surface area contributed by atoms with E-state index in [1.807, 2.05) is 0 Å². The van der Waals surface area contributed by atoms with Gasteiger partial charge in [0.1, 0.15) is 0 Å². The van der Waals surface area contributed by atoms with Gasteiger partial charge in [-0.3, -0.25) is 4.79 Å². The first-order chi connectivity index (χ1) is 4.33. The van der Waals surface area contributed by atoms with Gasteiger partial charge in [0.15, 0.2) is 0 Å². The Kier molecular flexibility index (Phi) is 1.85. The van der Waals surface area contributed by atoms with E-state index < -0.39 is 0 Å². The zero-order valence-corrected chi connectivity index (χ0v) is 4.96. The minimum Gasteiger partial charge on any atom is -0.434 e. The number of carbonyl (C=O) groups excluding carboxylic acids is 1. The first-order valence-electron chi connectivity index (χ1n) is 2.81. The van der Waals surface area contributed by atoms with Gasteiger partial charge in [-0.1, -0.05) is 0 Å². The second kappa shape index (κ2) is 2.64. The van der Waals surface area contributed by atoms with Crippen LogP contribution in [0.4, 0.5) is 0 Å². The minimum absolute atomic E-state index is 0.0858. The summed E-state index contributed by atoms with van der Waals surface area (Å²) in [6, 6.07) is 0. The molecule has 0 aromatic heterocycles. The largest absolute Gasteiger partial charge is 0.434 e. The molecule has 0 saturated heterocycles. The molecule has 0 aromatic carbocycles. The summed E-state index contributed by atoms with van der Waals surface area (Å²) in [6.07, 6.45) is 2.31. The van der Waals surface area contributed by atoms with Crippen molar-refractivity contribution in [1.29, 1.82) is 0 Å². The predicted octanol–water partition coefficient (Wildman–Crippen LogP) is 0.200. The van der Waals surface area contributed by atoms with Crippen molar-refractivity contribution in [2.75, 3.05) is 6.61 Å². The van der Waals surface area contributed by atoms with Gasteiger partial charge in [-0.15, -0.1) is 0 Å². The topological polar surface area (TPSA) is 46.5 Å². The molecule has 9 heavy (non-hydrogen) atoms. The van der Waals surface area contributed by atoms with Crippen LogP contribution in [0.1, 0.15) is 12.8 Å². The normalized spacial score (nSPS) is 17.4. The van der Waals surface area contributed by atoms with E-state index in [-0.39, 0.29) is 12.6 Å². The molecular formula is C6H8O3. The average Bonchev–Trinajstić information content (AvgIpc) is 2.17. The number of ether oxygens (including phenoxy) is 1. The van der Waals surface area contributed by atoms with Crippen molar-refractivity contribution in [3.8, 4) is 0 Å². The van der Waals surface area contributed by atoms with Gasteiger partial charge >= 0.3 is 5.97 Å². The lowest BCUT2D eigenvalue weighted by Gasteiger charge is -1.89. The molecule has 3 heteroatoms. The van der Waals surface area contributed by atoms with Gasteiger partial charge in [0.05, 0.1) is 12.7 Å². The zero-order valence-electron chi connectivity index (χ0n) is 4.96. The van der Waals surface area contributed by atoms with Crippen molar-refractivity contribution in [2.24, 2.45) is 0 Å². The van der Waals surface area contributed by atoms with E-state index in [0.717, 1.165) is 5.57 Å². The summed E-state index contributed by atoms with van der Waals surface area (Å²) in [5.41, 5.74) is 0.877. The van der Waals surface area contributed by atoms with Crippen molar-refractivity contribution in [1.82, 2.24) is 0 Å². The summed E-state index contributed by atoms with van der Waals surface area (Å²) in [5, 5.41) is 8.41. The standard InChI is InChI=1S/C6H8O3/c7-2-1-5-3-6(8)9-4-5/h4,7H,1-3H2. The third-order valence-corrected chi connectivity index (χ3v) is 1.16. The van der Waals surface area contributed by atoms with Crippen LogP contribution in [0.2, 0.25) is 0 Å². The van der Waals surface area contributed by atoms with Gasteiger partial charge < -0.3 is 9.84 Å². The van der Waals surface area contributed by atoms with E-state index in [1.54, 1.807) is 0 Å². The molecule has 1 aliphatic rings. The summed E-state index contributed by atoms with van der Waals surface area (Å²) in [6.45, 7) is 0.0858. The number of aliphatic hydroxyl groups excluding tert-OH is 1. The molecule has 0 amide bonds. The molecule has 3 nitrogen and oxygen atoms in total. The highest BCUT2D eigenvalue weighted by atomic mass is 16.5. The van der Waals surface area contributed by atoms with Crippen molar-refractivity contribution < 1.29 is 14.6 Å². The van der Waals surface area contributed by atoms with Gasteiger partial charge in [0.2, 0.25) is 0 Å². The van der Waals surface area contributed by atoms with E-state index in [2.05, 4.69) is 4.74 Å². The van der Waals surface area contributed by atoms with Crippen LogP contribution in [0, 0.1) is 0 Å². The molecule has 1 aliphatic heterocycles. The number of aliphatic hydroxyl groups is 1. The van der Waals surface area contributed by atoms with Crippen LogP contribution < -0.4 is 0 Å². The molecule has 0 spiro atoms. The molecule has 1 heterocycles. The van der Waals surface area contributed by atoms with Crippen LogP contribution in [-0.2, 0) is 9.53 Å². The molecule has 1 N–H and O–H groups in total. The summed E-state index contributed by atoms with van der Waals surface area (Å²) in [4.78, 5) is 10.4. The van der Waals surface area contributed by atoms with E-state index in [9.17, 15) is 4.79 Å². The molecule has 0 aliphatic carbocycles. The number of cyclic esters (lactones) is 1. The second-order valence-electron chi connectivity index (χ2n) is 1.92. The van der Waals surface area contributed by atoms with E-state index in [4.69, 9.17) is 5.11 Å². The fourth-order valence-electron chi connectivity index (χ4n) is 0.709. The predicted molar refractivity (Wildman–Crippen MR) is 30.5 cm³/mol. The Morgan fingerprint density at radius 1 is 1.78 bits per heavy atom. The Morgan fingerprint density at radius 3 is 3.00 bits per heavy atom. The molecular weight excluding hydrogens is 120 g/mol. The highest BCUT2D eigenvalue weighted by Crippen LogP contribution is 2.14. The molecule has 0 saturated carbocycles. The third kappa shape index (κ3) is 1.54. The van der Waals surface area contributed by atoms with Crippen molar-refractivity contribution in [2.45, 2.75) is 12.8 Å². The van der Waals surface area contributed by atoms with Gasteiger partial charge in [-0.05, 0) is 12.0 Å². The minimum atomic E-state index is -0.224. The highest BCUT2D eigenvalue weighted by Gasteiger charge is 2.12. The SMILES string of the molecule is O=C1CC(CCO)=CO1. The summed E-state index contributed by atoms with van der Waals surface area (Å²) >= 11 is 0. The molecule has 0 atom stereocenters. The number of hydrogen-bond donors (Lipinski definition) is 1. The van der Waals surface area contributed by atoms with Crippen LogP contribution in [0.25, 0.3) is 0 Å². The Hall–Kier alpha value is -0.830.